The molecule has 0 saturated heterocycles. The average Bonchev–Trinajstić information content (AvgIpc) is 3.61. The van der Waals surface area contributed by atoms with Crippen molar-refractivity contribution >= 4 is 22.4 Å². The van der Waals surface area contributed by atoms with Crippen LogP contribution in [-0.4, -0.2) is 22.3 Å². The van der Waals surface area contributed by atoms with Crippen LogP contribution in [0.4, 0.5) is 5.69 Å². The lowest BCUT2D eigenvalue weighted by Crippen LogP contribution is -2.40. The van der Waals surface area contributed by atoms with Crippen LogP contribution in [0.3, 0.4) is 0 Å². The number of fused-ring (bicyclic) bond motifs is 1. The maximum atomic E-state index is 11.0. The van der Waals surface area contributed by atoms with E-state index >= 15 is 0 Å². The zero-order chi connectivity index (χ0) is 27.5. The summed E-state index contributed by atoms with van der Waals surface area (Å²) in [6.07, 6.45) is 0.880. The number of hydrazone groups is 1. The van der Waals surface area contributed by atoms with Crippen molar-refractivity contribution in [2.24, 2.45) is 5.10 Å². The Morgan fingerprint density at radius 2 is 1.50 bits per heavy atom. The molecule has 6 rings (SSSR count). The number of rotatable bonds is 9. The zero-order valence-corrected chi connectivity index (χ0v) is 22.5. The molecule has 1 aliphatic heterocycles. The number of aromatic amines is 1. The van der Waals surface area contributed by atoms with Crippen LogP contribution in [0.2, 0.25) is 0 Å². The number of aromatic nitrogens is 1. The number of ether oxygens (including phenoxy) is 2. The second-order valence-corrected chi connectivity index (χ2v) is 10.1. The summed E-state index contributed by atoms with van der Waals surface area (Å²) in [6.45, 7) is 5.11. The van der Waals surface area contributed by atoms with Crippen molar-refractivity contribution in [1.29, 1.82) is 0 Å². The van der Waals surface area contributed by atoms with Crippen molar-refractivity contribution < 1.29 is 14.6 Å². The number of nitrogens with one attached hydrogen (secondary N) is 2. The molecule has 2 heterocycles. The molecule has 0 fully saturated rings. The van der Waals surface area contributed by atoms with Crippen molar-refractivity contribution in [2.75, 3.05) is 4.90 Å². The third-order valence-corrected chi connectivity index (χ3v) is 7.02. The van der Waals surface area contributed by atoms with E-state index in [1.807, 2.05) is 85.1 Å². The zero-order valence-electron chi connectivity index (χ0n) is 22.5. The predicted octanol–water partition coefficient (Wildman–Crippen LogP) is 6.50. The van der Waals surface area contributed by atoms with Crippen LogP contribution in [0.25, 0.3) is 10.9 Å². The molecule has 5 aromatic rings. The first-order valence-corrected chi connectivity index (χ1v) is 13.5. The number of hydrogen-bond donors (Lipinski definition) is 3. The van der Waals surface area contributed by atoms with E-state index in [0.29, 0.717) is 24.8 Å². The van der Waals surface area contributed by atoms with Gasteiger partial charge in [-0.25, -0.2) is 0 Å². The molecule has 0 bridgehead atoms. The summed E-state index contributed by atoms with van der Waals surface area (Å²) in [6, 6.07) is 32.2. The van der Waals surface area contributed by atoms with Gasteiger partial charge in [-0.1, -0.05) is 74.5 Å². The highest BCUT2D eigenvalue weighted by molar-refractivity contribution is 6.13. The molecule has 1 aliphatic rings. The molecule has 202 valence electrons. The normalized spacial score (nSPS) is 14.8. The molecule has 0 amide bonds. The fourth-order valence-electron chi connectivity index (χ4n) is 4.91. The van der Waals surface area contributed by atoms with E-state index in [-0.39, 0.29) is 5.92 Å². The number of amidine groups is 1. The minimum atomic E-state index is -1.02. The van der Waals surface area contributed by atoms with Gasteiger partial charge in [0.25, 0.3) is 0 Å². The number of hydrogen-bond acceptors (Lipinski definition) is 6. The lowest BCUT2D eigenvalue weighted by molar-refractivity contribution is 0.159. The summed E-state index contributed by atoms with van der Waals surface area (Å²) in [4.78, 5) is 5.01. The van der Waals surface area contributed by atoms with E-state index in [9.17, 15) is 5.11 Å². The number of nitrogens with zero attached hydrogens (tertiary/aromatic N) is 2. The van der Waals surface area contributed by atoms with Crippen LogP contribution in [0.15, 0.2) is 108 Å². The summed E-state index contributed by atoms with van der Waals surface area (Å²) in [5, 5.41) is 16.6. The maximum absolute atomic E-state index is 11.0. The third kappa shape index (κ3) is 5.24. The van der Waals surface area contributed by atoms with Gasteiger partial charge in [-0.05, 0) is 52.9 Å². The highest BCUT2D eigenvalue weighted by Crippen LogP contribution is 2.37. The minimum absolute atomic E-state index is 0.178. The first kappa shape index (κ1) is 25.5. The van der Waals surface area contributed by atoms with Gasteiger partial charge in [0, 0.05) is 28.9 Å². The molecule has 7 heteroatoms. The molecule has 4 aromatic carbocycles. The van der Waals surface area contributed by atoms with Crippen LogP contribution in [0, 0.1) is 0 Å². The lowest BCUT2D eigenvalue weighted by Gasteiger charge is -2.26. The Kier molecular flexibility index (Phi) is 7.12. The van der Waals surface area contributed by atoms with E-state index in [0.717, 1.165) is 44.6 Å². The van der Waals surface area contributed by atoms with E-state index in [2.05, 4.69) is 47.6 Å². The third-order valence-electron chi connectivity index (χ3n) is 7.02. The van der Waals surface area contributed by atoms with E-state index < -0.39 is 6.35 Å². The van der Waals surface area contributed by atoms with Gasteiger partial charge in [0.15, 0.2) is 5.84 Å². The van der Waals surface area contributed by atoms with Gasteiger partial charge in [-0.15, -0.1) is 0 Å². The fraction of sp³-hybridized carbons (Fsp3) is 0.182. The van der Waals surface area contributed by atoms with Gasteiger partial charge in [0.1, 0.15) is 24.7 Å². The summed E-state index contributed by atoms with van der Waals surface area (Å²) >= 11 is 0. The van der Waals surface area contributed by atoms with Crippen molar-refractivity contribution in [1.82, 2.24) is 10.4 Å². The highest BCUT2D eigenvalue weighted by Gasteiger charge is 2.32. The van der Waals surface area contributed by atoms with E-state index in [1.54, 1.807) is 4.90 Å². The molecular weight excluding hydrogens is 500 g/mol. The van der Waals surface area contributed by atoms with Gasteiger partial charge in [-0.3, -0.25) is 10.3 Å². The molecule has 0 radical (unpaired) electrons. The lowest BCUT2D eigenvalue weighted by atomic mass is 9.97. The molecule has 1 atom stereocenters. The average molecular weight is 533 g/mol. The highest BCUT2D eigenvalue weighted by atomic mass is 16.5. The maximum Gasteiger partial charge on any atom is 0.225 e. The van der Waals surface area contributed by atoms with E-state index in [4.69, 9.17) is 9.47 Å². The fourth-order valence-corrected chi connectivity index (χ4v) is 4.91. The SMILES string of the molecule is CC(C)c1cc(C2=NNC(O)N2c2ccc3[nH]ccc3c2)c(OCc2ccccc2)cc1OCc1ccccc1. The molecule has 1 aromatic heterocycles. The molecule has 3 N–H and O–H groups in total. The van der Waals surface area contributed by atoms with Crippen LogP contribution >= 0.6 is 0 Å². The predicted molar refractivity (Wildman–Crippen MR) is 159 cm³/mol. The monoisotopic (exact) mass is 532 g/mol. The topological polar surface area (TPSA) is 82.1 Å². The van der Waals surface area contributed by atoms with Crippen molar-refractivity contribution in [3.8, 4) is 11.5 Å². The standard InChI is InChI=1S/C33H32N4O3/c1-22(2)27-18-28(32-35-36-33(38)37(32)26-13-14-29-25(17-26)15-16-34-29)31(40-21-24-11-7-4-8-12-24)19-30(27)39-20-23-9-5-3-6-10-23/h3-19,22,33-34,36,38H,20-21H2,1-2H3. The summed E-state index contributed by atoms with van der Waals surface area (Å²) in [5.41, 5.74) is 8.62. The van der Waals surface area contributed by atoms with Gasteiger partial charge in [0.05, 0.1) is 5.56 Å². The second-order valence-electron chi connectivity index (χ2n) is 10.1. The number of anilines is 1. The summed E-state index contributed by atoms with van der Waals surface area (Å²) in [5.74, 6) is 2.14. The van der Waals surface area contributed by atoms with Crippen LogP contribution in [0.1, 0.15) is 42.0 Å². The Hall–Kier alpha value is -4.75. The largest absolute Gasteiger partial charge is 0.488 e. The Morgan fingerprint density at radius 1 is 0.825 bits per heavy atom. The number of H-pyrrole nitrogens is 1. The Labute approximate surface area is 233 Å². The van der Waals surface area contributed by atoms with E-state index in [1.165, 1.54) is 0 Å². The summed E-state index contributed by atoms with van der Waals surface area (Å²) in [7, 11) is 0. The smallest absolute Gasteiger partial charge is 0.225 e. The molecule has 40 heavy (non-hydrogen) atoms. The van der Waals surface area contributed by atoms with Gasteiger partial charge >= 0.3 is 0 Å². The molecule has 0 aliphatic carbocycles. The quantitative estimate of drug-likeness (QED) is 0.202. The first-order chi connectivity index (χ1) is 19.6. The van der Waals surface area contributed by atoms with Gasteiger partial charge in [0.2, 0.25) is 6.35 Å². The minimum Gasteiger partial charge on any atom is -0.488 e. The molecule has 0 spiro atoms. The second kappa shape index (κ2) is 11.2. The van der Waals surface area contributed by atoms with Crippen molar-refractivity contribution in [2.45, 2.75) is 39.3 Å². The molecule has 1 unspecified atom stereocenters. The van der Waals surface area contributed by atoms with Crippen LogP contribution in [0.5, 0.6) is 11.5 Å². The number of aliphatic hydroxyl groups is 1. The Balaban J connectivity index is 1.41. The number of aliphatic hydroxyl groups excluding tert-OH is 1. The number of benzene rings is 4. The molecule has 7 nitrogen and oxygen atoms in total. The Bertz CT molecular complexity index is 1630. The first-order valence-electron chi connectivity index (χ1n) is 13.5. The van der Waals surface area contributed by atoms with Crippen LogP contribution in [-0.2, 0) is 13.2 Å². The Morgan fingerprint density at radius 3 is 2.17 bits per heavy atom. The van der Waals surface area contributed by atoms with Gasteiger partial charge < -0.3 is 19.6 Å². The van der Waals surface area contributed by atoms with Crippen LogP contribution < -0.4 is 19.8 Å². The molecule has 0 saturated carbocycles. The van der Waals surface area contributed by atoms with Gasteiger partial charge in [-0.2, -0.15) is 5.10 Å². The van der Waals surface area contributed by atoms with Crippen molar-refractivity contribution in [3.63, 3.8) is 0 Å². The van der Waals surface area contributed by atoms with Crippen molar-refractivity contribution in [3.05, 3.63) is 126 Å². The summed E-state index contributed by atoms with van der Waals surface area (Å²) < 4.78 is 12.8. The molecular formula is C33H32N4O3.